The third-order valence-corrected chi connectivity index (χ3v) is 5.80. The maximum atomic E-state index is 7.78. The van der Waals surface area contributed by atoms with E-state index in [9.17, 15) is 0 Å². The van der Waals surface area contributed by atoms with Crippen molar-refractivity contribution in [3.8, 4) is 0 Å². The second-order valence-corrected chi connectivity index (χ2v) is 7.07. The van der Waals surface area contributed by atoms with Crippen LogP contribution in [0.15, 0.2) is 30.5 Å². The number of hydrogen-bond acceptors (Lipinski definition) is 4. The van der Waals surface area contributed by atoms with E-state index in [0.29, 0.717) is 5.49 Å². The summed E-state index contributed by atoms with van der Waals surface area (Å²) in [6.45, 7) is 8.52. The normalized spacial score (nSPS) is 12.1. The number of H-pyrrole nitrogens is 1. The fourth-order valence-electron chi connectivity index (χ4n) is 3.31. The summed E-state index contributed by atoms with van der Waals surface area (Å²) in [5, 5.41) is 13.7. The van der Waals surface area contributed by atoms with Gasteiger partial charge < -0.3 is 4.90 Å². The van der Waals surface area contributed by atoms with E-state index in [1.165, 1.54) is 15.6 Å². The van der Waals surface area contributed by atoms with Gasteiger partial charge in [0.15, 0.2) is 0 Å². The SMILES string of the molecule is CCN(CC)CCn1[nH]c2c3cnc(=N)cc3sc3cccc1c32. The molecule has 4 rings (SSSR count). The molecule has 0 aliphatic carbocycles. The maximum absolute atomic E-state index is 7.78. The highest BCUT2D eigenvalue weighted by Gasteiger charge is 2.13. The molecule has 0 unspecified atom stereocenters. The molecule has 0 atom stereocenters. The lowest BCUT2D eigenvalue weighted by molar-refractivity contribution is 0.287. The number of benzene rings is 1. The van der Waals surface area contributed by atoms with E-state index in [1.54, 1.807) is 11.3 Å². The van der Waals surface area contributed by atoms with Gasteiger partial charge in [-0.25, -0.2) is 4.98 Å². The van der Waals surface area contributed by atoms with Crippen LogP contribution in [-0.2, 0) is 6.54 Å². The third-order valence-electron chi connectivity index (χ3n) is 4.68. The molecule has 5 nitrogen and oxygen atoms in total. The average molecular weight is 339 g/mol. The minimum absolute atomic E-state index is 0.317. The first-order valence-electron chi connectivity index (χ1n) is 8.38. The number of aromatic nitrogens is 3. The molecule has 24 heavy (non-hydrogen) atoms. The molecule has 0 aliphatic heterocycles. The molecule has 0 amide bonds. The van der Waals surface area contributed by atoms with Gasteiger partial charge in [-0.1, -0.05) is 19.9 Å². The topological polar surface area (TPSA) is 60.7 Å². The highest BCUT2D eigenvalue weighted by molar-refractivity contribution is 7.25. The number of fused-ring (bicyclic) bond motifs is 2. The Morgan fingerprint density at radius 2 is 2.08 bits per heavy atom. The fourth-order valence-corrected chi connectivity index (χ4v) is 4.44. The maximum Gasteiger partial charge on any atom is 0.145 e. The lowest BCUT2D eigenvalue weighted by Gasteiger charge is -2.18. The van der Waals surface area contributed by atoms with E-state index in [4.69, 9.17) is 5.41 Å². The zero-order chi connectivity index (χ0) is 16.7. The van der Waals surface area contributed by atoms with Gasteiger partial charge in [-0.3, -0.25) is 15.2 Å². The van der Waals surface area contributed by atoms with E-state index in [1.807, 2.05) is 12.3 Å². The number of hydrogen-bond donors (Lipinski definition) is 2. The summed E-state index contributed by atoms with van der Waals surface area (Å²) < 4.78 is 4.60. The van der Waals surface area contributed by atoms with Crippen molar-refractivity contribution in [2.75, 3.05) is 19.6 Å². The van der Waals surface area contributed by atoms with Crippen LogP contribution < -0.4 is 5.49 Å². The number of likely N-dealkylation sites (N-methyl/N-ethyl adjacent to an activating group) is 1. The van der Waals surface area contributed by atoms with Crippen molar-refractivity contribution < 1.29 is 0 Å². The lowest BCUT2D eigenvalue weighted by Crippen LogP contribution is -2.27. The van der Waals surface area contributed by atoms with Crippen LogP contribution in [0.2, 0.25) is 0 Å². The van der Waals surface area contributed by atoms with Crippen molar-refractivity contribution in [3.63, 3.8) is 0 Å². The van der Waals surface area contributed by atoms with E-state index >= 15 is 0 Å². The molecule has 0 saturated carbocycles. The molecule has 3 aromatic heterocycles. The average Bonchev–Trinajstić information content (AvgIpc) is 2.96. The van der Waals surface area contributed by atoms with Crippen molar-refractivity contribution in [2.45, 2.75) is 20.4 Å². The molecule has 0 saturated heterocycles. The van der Waals surface area contributed by atoms with E-state index in [-0.39, 0.29) is 0 Å². The standard InChI is InChI=1S/C18H21N5S/c1-3-22(4-2)8-9-23-13-6-5-7-14-17(13)18(21-23)12-11-20-16(19)10-15(12)24-14/h5-7,10-11,19,21H,3-4,8-9H2,1-2H3. The quantitative estimate of drug-likeness (QED) is 0.546. The van der Waals surface area contributed by atoms with E-state index in [2.05, 4.69) is 51.7 Å². The van der Waals surface area contributed by atoms with Crippen LogP contribution in [0, 0.1) is 5.41 Å². The first kappa shape index (κ1) is 15.4. The zero-order valence-electron chi connectivity index (χ0n) is 14.0. The van der Waals surface area contributed by atoms with Gasteiger partial charge in [-0.15, -0.1) is 11.3 Å². The van der Waals surface area contributed by atoms with Crippen molar-refractivity contribution in [1.29, 1.82) is 5.41 Å². The van der Waals surface area contributed by atoms with Crippen molar-refractivity contribution in [3.05, 3.63) is 36.0 Å². The lowest BCUT2D eigenvalue weighted by atomic mass is 10.2. The molecule has 0 bridgehead atoms. The number of pyridine rings is 1. The summed E-state index contributed by atoms with van der Waals surface area (Å²) in [6, 6.07) is 8.30. The molecule has 0 spiro atoms. The minimum atomic E-state index is 0.317. The predicted molar refractivity (Wildman–Crippen MR) is 101 cm³/mol. The van der Waals surface area contributed by atoms with Gasteiger partial charge in [0.25, 0.3) is 0 Å². The molecule has 0 radical (unpaired) electrons. The number of nitrogens with one attached hydrogen (secondary N) is 2. The highest BCUT2D eigenvalue weighted by Crippen LogP contribution is 2.35. The fraction of sp³-hybridized carbons (Fsp3) is 0.333. The van der Waals surface area contributed by atoms with Gasteiger partial charge in [0.05, 0.1) is 17.6 Å². The van der Waals surface area contributed by atoms with Gasteiger partial charge in [-0.2, -0.15) is 0 Å². The molecule has 2 N–H and O–H groups in total. The zero-order valence-corrected chi connectivity index (χ0v) is 14.8. The number of nitrogens with zero attached hydrogens (tertiary/aromatic N) is 3. The summed E-state index contributed by atoms with van der Waals surface area (Å²) in [5.74, 6) is 0. The Bertz CT molecular complexity index is 1070. The van der Waals surface area contributed by atoms with Gasteiger partial charge >= 0.3 is 0 Å². The summed E-state index contributed by atoms with van der Waals surface area (Å²) in [4.78, 5) is 6.61. The third kappa shape index (κ3) is 2.42. The van der Waals surface area contributed by atoms with E-state index in [0.717, 1.165) is 41.8 Å². The predicted octanol–water partition coefficient (Wildman–Crippen LogP) is 3.55. The second-order valence-electron chi connectivity index (χ2n) is 5.98. The molecule has 4 aromatic rings. The summed E-state index contributed by atoms with van der Waals surface area (Å²) in [7, 11) is 0. The Kier molecular flexibility index (Phi) is 3.86. The van der Waals surface area contributed by atoms with Crippen LogP contribution in [0.3, 0.4) is 0 Å². The van der Waals surface area contributed by atoms with Gasteiger partial charge in [0.1, 0.15) is 5.49 Å². The molecular formula is C18H21N5S. The van der Waals surface area contributed by atoms with Crippen molar-refractivity contribution in [2.24, 2.45) is 0 Å². The smallest absolute Gasteiger partial charge is 0.145 e. The van der Waals surface area contributed by atoms with Crippen molar-refractivity contribution in [1.82, 2.24) is 19.7 Å². The Balaban J connectivity index is 1.92. The molecule has 124 valence electrons. The van der Waals surface area contributed by atoms with Crippen molar-refractivity contribution >= 4 is 42.5 Å². The van der Waals surface area contributed by atoms with Crippen LogP contribution in [0.25, 0.3) is 31.2 Å². The van der Waals surface area contributed by atoms with Crippen LogP contribution in [0.1, 0.15) is 13.8 Å². The molecule has 3 heterocycles. The first-order chi connectivity index (χ1) is 11.7. The summed E-state index contributed by atoms with van der Waals surface area (Å²) in [6.07, 6.45) is 1.82. The molecular weight excluding hydrogens is 318 g/mol. The summed E-state index contributed by atoms with van der Waals surface area (Å²) in [5.41, 5.74) is 2.68. The Morgan fingerprint density at radius 1 is 1.25 bits per heavy atom. The summed E-state index contributed by atoms with van der Waals surface area (Å²) >= 11 is 1.73. The van der Waals surface area contributed by atoms with Gasteiger partial charge in [0, 0.05) is 39.0 Å². The largest absolute Gasteiger partial charge is 0.302 e. The van der Waals surface area contributed by atoms with Crippen LogP contribution in [0.5, 0.6) is 0 Å². The molecule has 0 fully saturated rings. The monoisotopic (exact) mass is 339 g/mol. The Hall–Kier alpha value is -2.18. The van der Waals surface area contributed by atoms with Crippen LogP contribution >= 0.6 is 11.3 Å². The van der Waals surface area contributed by atoms with E-state index < -0.39 is 0 Å². The Labute approximate surface area is 144 Å². The molecule has 0 aliphatic rings. The second kappa shape index (κ2) is 6.03. The molecule has 6 heteroatoms. The Morgan fingerprint density at radius 3 is 2.88 bits per heavy atom. The highest BCUT2D eigenvalue weighted by atomic mass is 32.1. The van der Waals surface area contributed by atoms with Crippen LogP contribution in [0.4, 0.5) is 0 Å². The minimum Gasteiger partial charge on any atom is -0.302 e. The molecule has 1 aromatic carbocycles. The van der Waals surface area contributed by atoms with Gasteiger partial charge in [-0.05, 0) is 25.2 Å². The number of aromatic amines is 1. The van der Waals surface area contributed by atoms with Gasteiger partial charge in [0.2, 0.25) is 0 Å². The number of rotatable bonds is 5. The first-order valence-corrected chi connectivity index (χ1v) is 9.19. The van der Waals surface area contributed by atoms with Crippen LogP contribution in [-0.4, -0.2) is 39.3 Å².